The quantitative estimate of drug-likeness (QED) is 0.802. The SMILES string of the molecule is CCCNc1ncnc(NN2CCN(C)CC2)c1OC. The first-order valence-electron chi connectivity index (χ1n) is 7.07. The number of rotatable bonds is 6. The van der Waals surface area contributed by atoms with Crippen LogP contribution in [0.2, 0.25) is 0 Å². The summed E-state index contributed by atoms with van der Waals surface area (Å²) < 4.78 is 5.45. The molecule has 1 fully saturated rings. The lowest BCUT2D eigenvalue weighted by molar-refractivity contribution is 0.178. The molecule has 0 bridgehead atoms. The molecule has 0 amide bonds. The molecule has 0 aromatic carbocycles. The summed E-state index contributed by atoms with van der Waals surface area (Å²) in [5.41, 5.74) is 3.33. The van der Waals surface area contributed by atoms with Crippen molar-refractivity contribution in [2.75, 3.05) is 57.6 Å². The first kappa shape index (κ1) is 14.8. The Bertz CT molecular complexity index is 419. The summed E-state index contributed by atoms with van der Waals surface area (Å²) in [5.74, 6) is 2.12. The van der Waals surface area contributed by atoms with E-state index in [2.05, 4.69) is 44.6 Å². The van der Waals surface area contributed by atoms with Crippen molar-refractivity contribution in [2.24, 2.45) is 0 Å². The van der Waals surface area contributed by atoms with Crippen LogP contribution in [0.5, 0.6) is 5.75 Å². The molecule has 7 nitrogen and oxygen atoms in total. The van der Waals surface area contributed by atoms with Crippen molar-refractivity contribution >= 4 is 11.6 Å². The second-order valence-corrected chi connectivity index (χ2v) is 4.93. The minimum atomic E-state index is 0.667. The fraction of sp³-hybridized carbons (Fsp3) is 0.692. The van der Waals surface area contributed by atoms with Crippen LogP contribution in [0.1, 0.15) is 13.3 Å². The average Bonchev–Trinajstić information content (AvgIpc) is 2.47. The lowest BCUT2D eigenvalue weighted by atomic mass is 10.4. The Morgan fingerprint density at radius 1 is 1.20 bits per heavy atom. The monoisotopic (exact) mass is 280 g/mol. The normalized spacial score (nSPS) is 16.9. The molecule has 20 heavy (non-hydrogen) atoms. The van der Waals surface area contributed by atoms with Crippen LogP contribution in [0.25, 0.3) is 0 Å². The zero-order valence-electron chi connectivity index (χ0n) is 12.5. The van der Waals surface area contributed by atoms with E-state index in [0.717, 1.165) is 45.0 Å². The lowest BCUT2D eigenvalue weighted by Crippen LogP contribution is -2.47. The topological polar surface area (TPSA) is 65.6 Å². The van der Waals surface area contributed by atoms with Gasteiger partial charge in [0.1, 0.15) is 6.33 Å². The Morgan fingerprint density at radius 3 is 2.55 bits per heavy atom. The molecule has 0 saturated carbocycles. The van der Waals surface area contributed by atoms with Gasteiger partial charge in [0, 0.05) is 32.7 Å². The largest absolute Gasteiger partial charge is 0.490 e. The minimum absolute atomic E-state index is 0.667. The van der Waals surface area contributed by atoms with Crippen LogP contribution in [0.4, 0.5) is 11.6 Å². The molecular formula is C13H24N6O. The Hall–Kier alpha value is -1.60. The van der Waals surface area contributed by atoms with Crippen molar-refractivity contribution < 1.29 is 4.74 Å². The van der Waals surface area contributed by atoms with E-state index >= 15 is 0 Å². The number of aromatic nitrogens is 2. The Labute approximate surface area is 120 Å². The van der Waals surface area contributed by atoms with Crippen LogP contribution in [0, 0.1) is 0 Å². The van der Waals surface area contributed by atoms with Crippen LogP contribution in [0.15, 0.2) is 6.33 Å². The van der Waals surface area contributed by atoms with Gasteiger partial charge in [-0.3, -0.25) is 5.43 Å². The van der Waals surface area contributed by atoms with Gasteiger partial charge in [-0.05, 0) is 13.5 Å². The van der Waals surface area contributed by atoms with Crippen LogP contribution >= 0.6 is 0 Å². The number of hydrogen-bond acceptors (Lipinski definition) is 7. The van der Waals surface area contributed by atoms with Gasteiger partial charge in [0.15, 0.2) is 11.6 Å². The van der Waals surface area contributed by atoms with Crippen molar-refractivity contribution in [3.63, 3.8) is 0 Å². The highest BCUT2D eigenvalue weighted by molar-refractivity contribution is 5.63. The summed E-state index contributed by atoms with van der Waals surface area (Å²) in [6, 6.07) is 0. The van der Waals surface area contributed by atoms with Crippen molar-refractivity contribution in [1.29, 1.82) is 0 Å². The highest BCUT2D eigenvalue weighted by Gasteiger charge is 2.17. The van der Waals surface area contributed by atoms with Gasteiger partial charge in [-0.1, -0.05) is 6.92 Å². The zero-order chi connectivity index (χ0) is 14.4. The van der Waals surface area contributed by atoms with E-state index in [-0.39, 0.29) is 0 Å². The highest BCUT2D eigenvalue weighted by Crippen LogP contribution is 2.29. The fourth-order valence-corrected chi connectivity index (χ4v) is 2.08. The third-order valence-corrected chi connectivity index (χ3v) is 3.32. The van der Waals surface area contributed by atoms with Crippen molar-refractivity contribution in [2.45, 2.75) is 13.3 Å². The molecule has 0 atom stereocenters. The zero-order valence-corrected chi connectivity index (χ0v) is 12.5. The molecule has 1 aliphatic heterocycles. The van der Waals surface area contributed by atoms with E-state index in [4.69, 9.17) is 4.74 Å². The van der Waals surface area contributed by atoms with Gasteiger partial charge in [0.25, 0.3) is 0 Å². The van der Waals surface area contributed by atoms with Crippen LogP contribution in [0.3, 0.4) is 0 Å². The number of ether oxygens (including phenoxy) is 1. The minimum Gasteiger partial charge on any atom is -0.490 e. The Balaban J connectivity index is 2.06. The number of methoxy groups -OCH3 is 1. The van der Waals surface area contributed by atoms with Crippen LogP contribution < -0.4 is 15.5 Å². The number of nitrogens with one attached hydrogen (secondary N) is 2. The first-order valence-corrected chi connectivity index (χ1v) is 7.07. The van der Waals surface area contributed by atoms with E-state index < -0.39 is 0 Å². The second-order valence-electron chi connectivity index (χ2n) is 4.93. The lowest BCUT2D eigenvalue weighted by Gasteiger charge is -2.33. The third-order valence-electron chi connectivity index (χ3n) is 3.32. The molecule has 1 saturated heterocycles. The standard InChI is InChI=1S/C13H24N6O/c1-4-5-14-12-11(20-3)13(16-10-15-12)17-19-8-6-18(2)7-9-19/h10H,4-9H2,1-3H3,(H2,14,15,16,17). The van der Waals surface area contributed by atoms with E-state index in [1.54, 1.807) is 13.4 Å². The number of hydrazine groups is 1. The molecule has 2 rings (SSSR count). The van der Waals surface area contributed by atoms with E-state index in [1.807, 2.05) is 0 Å². The van der Waals surface area contributed by atoms with Gasteiger partial charge >= 0.3 is 0 Å². The summed E-state index contributed by atoms with van der Waals surface area (Å²) in [6.45, 7) is 6.98. The van der Waals surface area contributed by atoms with Gasteiger partial charge in [-0.25, -0.2) is 15.0 Å². The molecule has 1 aromatic heterocycles. The number of nitrogens with zero attached hydrogens (tertiary/aromatic N) is 4. The molecule has 112 valence electrons. The molecule has 2 N–H and O–H groups in total. The van der Waals surface area contributed by atoms with E-state index in [9.17, 15) is 0 Å². The molecular weight excluding hydrogens is 256 g/mol. The van der Waals surface area contributed by atoms with Crippen LogP contribution in [-0.2, 0) is 0 Å². The molecule has 7 heteroatoms. The maximum absolute atomic E-state index is 5.45. The Kier molecular flexibility index (Phi) is 5.37. The molecule has 0 radical (unpaired) electrons. The van der Waals surface area contributed by atoms with Gasteiger partial charge < -0.3 is 15.0 Å². The predicted molar refractivity (Wildman–Crippen MR) is 80.1 cm³/mol. The molecule has 0 aliphatic carbocycles. The van der Waals surface area contributed by atoms with Gasteiger partial charge in [-0.15, -0.1) is 0 Å². The average molecular weight is 280 g/mol. The summed E-state index contributed by atoms with van der Waals surface area (Å²) in [5, 5.41) is 5.42. The third kappa shape index (κ3) is 3.71. The maximum Gasteiger partial charge on any atom is 0.205 e. The summed E-state index contributed by atoms with van der Waals surface area (Å²) >= 11 is 0. The summed E-state index contributed by atoms with van der Waals surface area (Å²) in [6.07, 6.45) is 2.59. The number of hydrogen-bond donors (Lipinski definition) is 2. The van der Waals surface area contributed by atoms with Gasteiger partial charge in [0.2, 0.25) is 5.75 Å². The molecule has 1 aromatic rings. The van der Waals surface area contributed by atoms with Crippen molar-refractivity contribution in [3.05, 3.63) is 6.33 Å². The Morgan fingerprint density at radius 2 is 1.90 bits per heavy atom. The number of piperazine rings is 1. The van der Waals surface area contributed by atoms with E-state index in [0.29, 0.717) is 11.6 Å². The predicted octanol–water partition coefficient (Wildman–Crippen LogP) is 0.881. The number of likely N-dealkylation sites (N-methyl/N-ethyl adjacent to an activating group) is 1. The summed E-state index contributed by atoms with van der Waals surface area (Å²) in [7, 11) is 3.78. The molecule has 0 unspecified atom stereocenters. The summed E-state index contributed by atoms with van der Waals surface area (Å²) in [4.78, 5) is 10.8. The molecule has 2 heterocycles. The molecule has 0 spiro atoms. The van der Waals surface area contributed by atoms with Crippen LogP contribution in [-0.4, -0.2) is 66.8 Å². The molecule has 1 aliphatic rings. The smallest absolute Gasteiger partial charge is 0.205 e. The van der Waals surface area contributed by atoms with E-state index in [1.165, 1.54) is 0 Å². The number of anilines is 2. The van der Waals surface area contributed by atoms with Crippen molar-refractivity contribution in [1.82, 2.24) is 19.9 Å². The van der Waals surface area contributed by atoms with Gasteiger partial charge in [0.05, 0.1) is 7.11 Å². The fourth-order valence-electron chi connectivity index (χ4n) is 2.08. The highest BCUT2D eigenvalue weighted by atomic mass is 16.5. The second kappa shape index (κ2) is 7.25. The van der Waals surface area contributed by atoms with Gasteiger partial charge in [-0.2, -0.15) is 0 Å². The van der Waals surface area contributed by atoms with Crippen molar-refractivity contribution in [3.8, 4) is 5.75 Å². The first-order chi connectivity index (χ1) is 9.74. The maximum atomic E-state index is 5.45.